The molecular formula is C21H20BrFN2O2S. The Bertz CT molecular complexity index is 981. The Morgan fingerprint density at radius 3 is 2.61 bits per heavy atom. The fraction of sp³-hybridized carbons (Fsp3) is 0.238. The van der Waals surface area contributed by atoms with Crippen LogP contribution in [0.2, 0.25) is 0 Å². The number of amides is 1. The van der Waals surface area contributed by atoms with Crippen molar-refractivity contribution >= 4 is 38.3 Å². The highest BCUT2D eigenvalue weighted by Crippen LogP contribution is 2.33. The molecule has 2 aromatic carbocycles. The van der Waals surface area contributed by atoms with E-state index in [0.717, 1.165) is 15.6 Å². The molecule has 0 radical (unpaired) electrons. The van der Waals surface area contributed by atoms with Crippen molar-refractivity contribution < 1.29 is 13.9 Å². The molecule has 1 heterocycles. The van der Waals surface area contributed by atoms with Gasteiger partial charge in [0.15, 0.2) is 11.7 Å². The molecule has 0 atom stereocenters. The fourth-order valence-electron chi connectivity index (χ4n) is 2.60. The van der Waals surface area contributed by atoms with Gasteiger partial charge in [0, 0.05) is 21.0 Å². The summed E-state index contributed by atoms with van der Waals surface area (Å²) >= 11 is 4.79. The quantitative estimate of drug-likeness (QED) is 0.503. The molecule has 0 aliphatic carbocycles. The Balaban J connectivity index is 1.64. The number of benzene rings is 2. The molecule has 1 amide bonds. The van der Waals surface area contributed by atoms with E-state index in [1.807, 2.05) is 23.6 Å². The number of rotatable bonds is 5. The third kappa shape index (κ3) is 5.17. The first kappa shape index (κ1) is 20.5. The number of ether oxygens (including phenoxy) is 1. The lowest BCUT2D eigenvalue weighted by molar-refractivity contribution is -0.118. The fourth-order valence-corrected chi connectivity index (χ4v) is 3.69. The molecule has 3 rings (SSSR count). The second-order valence-electron chi connectivity index (χ2n) is 7.27. The molecular weight excluding hydrogens is 443 g/mol. The molecule has 0 fully saturated rings. The van der Waals surface area contributed by atoms with Gasteiger partial charge in [-0.2, -0.15) is 0 Å². The van der Waals surface area contributed by atoms with Crippen molar-refractivity contribution in [2.24, 2.45) is 0 Å². The van der Waals surface area contributed by atoms with Crippen molar-refractivity contribution in [1.29, 1.82) is 0 Å². The highest BCUT2D eigenvalue weighted by atomic mass is 79.9. The van der Waals surface area contributed by atoms with E-state index in [9.17, 15) is 9.18 Å². The minimum atomic E-state index is -0.299. The van der Waals surface area contributed by atoms with Crippen molar-refractivity contribution in [3.05, 3.63) is 63.7 Å². The van der Waals surface area contributed by atoms with Crippen molar-refractivity contribution in [1.82, 2.24) is 4.98 Å². The molecule has 0 unspecified atom stereocenters. The predicted molar refractivity (Wildman–Crippen MR) is 114 cm³/mol. The number of nitrogens with zero attached hydrogens (tertiary/aromatic N) is 1. The van der Waals surface area contributed by atoms with E-state index in [0.29, 0.717) is 16.6 Å². The van der Waals surface area contributed by atoms with E-state index in [-0.39, 0.29) is 23.7 Å². The first-order valence-electron chi connectivity index (χ1n) is 8.66. The first-order valence-corrected chi connectivity index (χ1v) is 10.3. The number of nitrogens with one attached hydrogen (secondary N) is 1. The monoisotopic (exact) mass is 462 g/mol. The lowest BCUT2D eigenvalue weighted by atomic mass is 9.86. The number of carbonyl (C=O) groups excluding carboxylic acids is 1. The molecule has 0 bridgehead atoms. The minimum Gasteiger partial charge on any atom is -0.483 e. The third-order valence-corrected chi connectivity index (χ3v) is 5.25. The van der Waals surface area contributed by atoms with E-state index < -0.39 is 0 Å². The third-order valence-electron chi connectivity index (χ3n) is 4.00. The summed E-state index contributed by atoms with van der Waals surface area (Å²) in [5.41, 5.74) is 2.38. The zero-order valence-electron chi connectivity index (χ0n) is 15.8. The number of halogens is 2. The molecule has 4 nitrogen and oxygen atoms in total. The van der Waals surface area contributed by atoms with Gasteiger partial charge in [0.2, 0.25) is 0 Å². The molecule has 3 aromatic rings. The molecule has 0 aliphatic rings. The molecule has 1 N–H and O–H groups in total. The summed E-state index contributed by atoms with van der Waals surface area (Å²) in [6.07, 6.45) is 0. The maximum absolute atomic E-state index is 13.0. The highest BCUT2D eigenvalue weighted by Gasteiger charge is 2.20. The SMILES string of the molecule is CC(C)(C)c1cc(Br)ccc1OCC(=O)Nc1nc(-c2ccc(F)cc2)cs1. The van der Waals surface area contributed by atoms with Crippen LogP contribution in [0.5, 0.6) is 5.75 Å². The zero-order chi connectivity index (χ0) is 20.3. The maximum atomic E-state index is 13.0. The van der Waals surface area contributed by atoms with Crippen molar-refractivity contribution in [3.63, 3.8) is 0 Å². The Morgan fingerprint density at radius 1 is 1.21 bits per heavy atom. The van der Waals surface area contributed by atoms with E-state index in [2.05, 4.69) is 47.0 Å². The van der Waals surface area contributed by atoms with Crippen molar-refractivity contribution in [2.75, 3.05) is 11.9 Å². The van der Waals surface area contributed by atoms with Crippen LogP contribution in [0, 0.1) is 5.82 Å². The summed E-state index contributed by atoms with van der Waals surface area (Å²) in [4.78, 5) is 16.7. The van der Waals surface area contributed by atoms with Crippen LogP contribution in [0.3, 0.4) is 0 Å². The minimum absolute atomic E-state index is 0.115. The van der Waals surface area contributed by atoms with Gasteiger partial charge in [-0.05, 0) is 47.9 Å². The lowest BCUT2D eigenvalue weighted by Gasteiger charge is -2.23. The highest BCUT2D eigenvalue weighted by molar-refractivity contribution is 9.10. The largest absolute Gasteiger partial charge is 0.483 e. The van der Waals surface area contributed by atoms with Crippen LogP contribution in [0.25, 0.3) is 11.3 Å². The summed E-state index contributed by atoms with van der Waals surface area (Å²) in [5.74, 6) is 0.0898. The van der Waals surface area contributed by atoms with Gasteiger partial charge in [-0.25, -0.2) is 9.37 Å². The summed E-state index contributed by atoms with van der Waals surface area (Å²) < 4.78 is 19.8. The van der Waals surface area contributed by atoms with Gasteiger partial charge in [-0.3, -0.25) is 10.1 Å². The number of aromatic nitrogens is 1. The second-order valence-corrected chi connectivity index (χ2v) is 9.05. The average Bonchev–Trinajstić information content (AvgIpc) is 3.09. The second kappa shape index (κ2) is 8.41. The van der Waals surface area contributed by atoms with Gasteiger partial charge in [0.1, 0.15) is 11.6 Å². The summed E-state index contributed by atoms with van der Waals surface area (Å²) in [5, 5.41) is 5.03. The zero-order valence-corrected chi connectivity index (χ0v) is 18.2. The van der Waals surface area contributed by atoms with Crippen LogP contribution in [0.1, 0.15) is 26.3 Å². The lowest BCUT2D eigenvalue weighted by Crippen LogP contribution is -2.22. The van der Waals surface area contributed by atoms with E-state index in [4.69, 9.17) is 4.74 Å². The van der Waals surface area contributed by atoms with E-state index >= 15 is 0 Å². The molecule has 28 heavy (non-hydrogen) atoms. The predicted octanol–water partition coefficient (Wildman–Crippen LogP) is 6.03. The average molecular weight is 463 g/mol. The van der Waals surface area contributed by atoms with Gasteiger partial charge in [0.25, 0.3) is 5.91 Å². The molecule has 0 saturated carbocycles. The number of hydrogen-bond donors (Lipinski definition) is 1. The van der Waals surface area contributed by atoms with Crippen molar-refractivity contribution in [2.45, 2.75) is 26.2 Å². The summed E-state index contributed by atoms with van der Waals surface area (Å²) in [6, 6.07) is 11.8. The summed E-state index contributed by atoms with van der Waals surface area (Å²) in [6.45, 7) is 6.16. The molecule has 146 valence electrons. The number of thiazole rings is 1. The van der Waals surface area contributed by atoms with Gasteiger partial charge in [-0.15, -0.1) is 11.3 Å². The van der Waals surface area contributed by atoms with Gasteiger partial charge < -0.3 is 4.74 Å². The number of carbonyl (C=O) groups is 1. The van der Waals surface area contributed by atoms with E-state index in [1.165, 1.54) is 23.5 Å². The molecule has 1 aromatic heterocycles. The first-order chi connectivity index (χ1) is 13.2. The Kier molecular flexibility index (Phi) is 6.15. The van der Waals surface area contributed by atoms with Crippen LogP contribution < -0.4 is 10.1 Å². The normalized spacial score (nSPS) is 11.3. The smallest absolute Gasteiger partial charge is 0.264 e. The Labute approximate surface area is 175 Å². The van der Waals surface area contributed by atoms with Gasteiger partial charge in [-0.1, -0.05) is 36.7 Å². The van der Waals surface area contributed by atoms with Crippen LogP contribution >= 0.6 is 27.3 Å². The van der Waals surface area contributed by atoms with Crippen molar-refractivity contribution in [3.8, 4) is 17.0 Å². The summed E-state index contributed by atoms with van der Waals surface area (Å²) in [7, 11) is 0. The van der Waals surface area contributed by atoms with Crippen LogP contribution in [-0.4, -0.2) is 17.5 Å². The standard InChI is InChI=1S/C21H20BrFN2O2S/c1-21(2,3)16-10-14(22)6-9-18(16)27-11-19(26)25-20-24-17(12-28-20)13-4-7-15(23)8-5-13/h4-10,12H,11H2,1-3H3,(H,24,25,26). The Morgan fingerprint density at radius 2 is 1.93 bits per heavy atom. The Hall–Kier alpha value is -2.25. The molecule has 0 saturated heterocycles. The molecule has 0 aliphatic heterocycles. The van der Waals surface area contributed by atoms with Crippen LogP contribution in [0.4, 0.5) is 9.52 Å². The molecule has 7 heteroatoms. The van der Waals surface area contributed by atoms with Gasteiger partial charge in [0.05, 0.1) is 5.69 Å². The topological polar surface area (TPSA) is 51.2 Å². The van der Waals surface area contributed by atoms with Crippen LogP contribution in [0.15, 0.2) is 52.3 Å². The van der Waals surface area contributed by atoms with E-state index in [1.54, 1.807) is 12.1 Å². The van der Waals surface area contributed by atoms with Gasteiger partial charge >= 0.3 is 0 Å². The number of hydrogen-bond acceptors (Lipinski definition) is 4. The van der Waals surface area contributed by atoms with Crippen LogP contribution in [-0.2, 0) is 10.2 Å². The number of anilines is 1. The molecule has 0 spiro atoms. The maximum Gasteiger partial charge on any atom is 0.264 e.